The molecular weight excluding hydrogens is 514 g/mol. The summed E-state index contributed by atoms with van der Waals surface area (Å²) in [6.07, 6.45) is 3.83. The minimum atomic E-state index is -0.965. The molecule has 0 saturated carbocycles. The number of furan rings is 1. The largest absolute Gasteiger partial charge is 0.494 e. The highest BCUT2D eigenvalue weighted by molar-refractivity contribution is 5.93. The number of pyridine rings is 3. The quantitative estimate of drug-likeness (QED) is 0.297. The number of hydrogen-bond acceptors (Lipinski definition) is 11. The molecule has 11 nitrogen and oxygen atoms in total. The molecule has 0 amide bonds. The van der Waals surface area contributed by atoms with Crippen molar-refractivity contribution in [2.24, 2.45) is 0 Å². The number of aliphatic hydroxyl groups excluding tert-OH is 2. The van der Waals surface area contributed by atoms with Crippen molar-refractivity contribution in [1.82, 2.24) is 19.9 Å². The second-order valence-electron chi connectivity index (χ2n) is 9.62. The highest BCUT2D eigenvalue weighted by atomic mass is 16.5. The number of aryl methyl sites for hydroxylation is 1. The van der Waals surface area contributed by atoms with Gasteiger partial charge in [-0.1, -0.05) is 0 Å². The molecule has 5 rings (SSSR count). The molecule has 40 heavy (non-hydrogen) atoms. The Kier molecular flexibility index (Phi) is 8.23. The van der Waals surface area contributed by atoms with Gasteiger partial charge in [0, 0.05) is 49.0 Å². The Morgan fingerprint density at radius 2 is 1.98 bits per heavy atom. The van der Waals surface area contributed by atoms with E-state index in [1.807, 2.05) is 13.0 Å². The molecule has 0 aliphatic carbocycles. The molecule has 1 aliphatic heterocycles. The first-order valence-electron chi connectivity index (χ1n) is 13.0. The predicted octanol–water partition coefficient (Wildman–Crippen LogP) is 3.61. The van der Waals surface area contributed by atoms with Crippen LogP contribution in [0.15, 0.2) is 41.1 Å². The van der Waals surface area contributed by atoms with Crippen molar-refractivity contribution in [1.29, 1.82) is 5.26 Å². The maximum atomic E-state index is 10.6. The highest BCUT2D eigenvalue weighted by Crippen LogP contribution is 2.38. The Morgan fingerprint density at radius 1 is 1.18 bits per heavy atom. The van der Waals surface area contributed by atoms with E-state index < -0.39 is 6.23 Å². The molecule has 4 aromatic rings. The zero-order valence-electron chi connectivity index (χ0n) is 22.6. The van der Waals surface area contributed by atoms with Gasteiger partial charge in [-0.25, -0.2) is 9.97 Å². The molecule has 208 valence electrons. The van der Waals surface area contributed by atoms with Gasteiger partial charge in [-0.15, -0.1) is 0 Å². The number of ether oxygens (including phenoxy) is 3. The van der Waals surface area contributed by atoms with Crippen molar-refractivity contribution < 1.29 is 28.8 Å². The molecule has 1 unspecified atom stereocenters. The van der Waals surface area contributed by atoms with Crippen LogP contribution >= 0.6 is 0 Å². The van der Waals surface area contributed by atoms with E-state index in [2.05, 4.69) is 21.0 Å². The van der Waals surface area contributed by atoms with E-state index in [0.29, 0.717) is 70.6 Å². The number of nitriles is 1. The highest BCUT2D eigenvalue weighted by Gasteiger charge is 2.23. The Morgan fingerprint density at radius 3 is 2.70 bits per heavy atom. The number of hydrogen-bond donors (Lipinski definition) is 2. The number of fused-ring (bicyclic) bond motifs is 1. The van der Waals surface area contributed by atoms with Gasteiger partial charge in [0.2, 0.25) is 0 Å². The standard InChI is InChI=1S/C29H31N5O6/c1-17-15-31-21-13-25(27-24(37-3)12-18(16-32-27)29(36)34(2)8-9-35)40-28(21)26(17)20-4-5-23(22(14-30)33-20)39-19-6-10-38-11-7-19/h4-5,12-13,15-16,19,29,35-36H,6-11H2,1-3H3. The molecule has 0 aromatic carbocycles. The lowest BCUT2D eigenvalue weighted by Crippen LogP contribution is -2.27. The van der Waals surface area contributed by atoms with E-state index in [9.17, 15) is 15.5 Å². The first kappa shape index (κ1) is 27.5. The van der Waals surface area contributed by atoms with E-state index in [0.717, 1.165) is 18.4 Å². The van der Waals surface area contributed by atoms with E-state index in [4.69, 9.17) is 18.6 Å². The van der Waals surface area contributed by atoms with Gasteiger partial charge < -0.3 is 28.8 Å². The molecule has 11 heteroatoms. The summed E-state index contributed by atoms with van der Waals surface area (Å²) in [6, 6.07) is 9.21. The second kappa shape index (κ2) is 12.0. The topological polar surface area (TPSA) is 147 Å². The number of rotatable bonds is 9. The molecular formula is C29H31N5O6. The van der Waals surface area contributed by atoms with E-state index >= 15 is 0 Å². The summed E-state index contributed by atoms with van der Waals surface area (Å²) >= 11 is 0. The van der Waals surface area contributed by atoms with Crippen molar-refractivity contribution in [3.8, 4) is 40.3 Å². The van der Waals surface area contributed by atoms with Crippen LogP contribution in [0.25, 0.3) is 33.8 Å². The van der Waals surface area contributed by atoms with Crippen LogP contribution in [-0.4, -0.2) is 76.7 Å². The number of aromatic nitrogens is 3. The average Bonchev–Trinajstić information content (AvgIpc) is 3.41. The number of aliphatic hydroxyl groups is 2. The van der Waals surface area contributed by atoms with Crippen molar-refractivity contribution in [3.05, 3.63) is 53.5 Å². The zero-order valence-corrected chi connectivity index (χ0v) is 22.6. The summed E-state index contributed by atoms with van der Waals surface area (Å²) in [6.45, 7) is 3.39. The van der Waals surface area contributed by atoms with Gasteiger partial charge in [0.1, 0.15) is 35.4 Å². The molecule has 0 spiro atoms. The van der Waals surface area contributed by atoms with Crippen LogP contribution in [0, 0.1) is 18.3 Å². The minimum absolute atomic E-state index is 0.0134. The van der Waals surface area contributed by atoms with Gasteiger partial charge in [0.05, 0.1) is 32.6 Å². The van der Waals surface area contributed by atoms with Crippen molar-refractivity contribution >= 4 is 11.1 Å². The first-order valence-corrected chi connectivity index (χ1v) is 13.0. The summed E-state index contributed by atoms with van der Waals surface area (Å²) in [5.74, 6) is 1.28. The normalized spacial score (nSPS) is 14.8. The number of methoxy groups -OCH3 is 1. The van der Waals surface area contributed by atoms with Crippen molar-refractivity contribution in [3.63, 3.8) is 0 Å². The maximum absolute atomic E-state index is 10.6. The molecule has 0 bridgehead atoms. The second-order valence-corrected chi connectivity index (χ2v) is 9.62. The van der Waals surface area contributed by atoms with Crippen LogP contribution in [0.1, 0.15) is 35.9 Å². The molecule has 1 aliphatic rings. The predicted molar refractivity (Wildman–Crippen MR) is 146 cm³/mol. The molecule has 1 fully saturated rings. The first-order chi connectivity index (χ1) is 19.4. The van der Waals surface area contributed by atoms with Gasteiger partial charge in [-0.2, -0.15) is 5.26 Å². The van der Waals surface area contributed by atoms with Crippen LogP contribution in [-0.2, 0) is 4.74 Å². The van der Waals surface area contributed by atoms with Gasteiger partial charge >= 0.3 is 0 Å². The lowest BCUT2D eigenvalue weighted by atomic mass is 10.1. The van der Waals surface area contributed by atoms with Gasteiger partial charge in [-0.3, -0.25) is 9.88 Å². The van der Waals surface area contributed by atoms with Gasteiger partial charge in [-0.05, 0) is 37.7 Å². The van der Waals surface area contributed by atoms with Gasteiger partial charge in [0.25, 0.3) is 0 Å². The maximum Gasteiger partial charge on any atom is 0.183 e. The molecule has 2 N–H and O–H groups in total. The average molecular weight is 546 g/mol. The Hall–Kier alpha value is -4.08. The van der Waals surface area contributed by atoms with Crippen LogP contribution < -0.4 is 9.47 Å². The zero-order chi connectivity index (χ0) is 28.2. The third-order valence-electron chi connectivity index (χ3n) is 6.91. The van der Waals surface area contributed by atoms with Gasteiger partial charge in [0.15, 0.2) is 22.8 Å². The number of likely N-dealkylation sites (N-methyl/N-ethyl adjacent to an activating group) is 1. The number of nitrogens with zero attached hydrogens (tertiary/aromatic N) is 5. The third kappa shape index (κ3) is 5.48. The SMILES string of the molecule is COc1cc(C(O)N(C)CCO)cnc1-c1cc2ncc(C)c(-c3ccc(OC4CCOCC4)c(C#N)n3)c2o1. The molecule has 4 aromatic heterocycles. The molecule has 1 atom stereocenters. The van der Waals surface area contributed by atoms with Crippen LogP contribution in [0.2, 0.25) is 0 Å². The van der Waals surface area contributed by atoms with Crippen molar-refractivity contribution in [2.45, 2.75) is 32.1 Å². The molecule has 1 saturated heterocycles. The van der Waals surface area contributed by atoms with Crippen LogP contribution in [0.5, 0.6) is 11.5 Å². The minimum Gasteiger partial charge on any atom is -0.494 e. The van der Waals surface area contributed by atoms with E-state index in [1.165, 1.54) is 7.11 Å². The third-order valence-corrected chi connectivity index (χ3v) is 6.91. The Bertz CT molecular complexity index is 1540. The van der Waals surface area contributed by atoms with Crippen LogP contribution in [0.3, 0.4) is 0 Å². The summed E-state index contributed by atoms with van der Waals surface area (Å²) in [7, 11) is 3.22. The molecule has 0 radical (unpaired) electrons. The fourth-order valence-corrected chi connectivity index (χ4v) is 4.71. The van der Waals surface area contributed by atoms with E-state index in [-0.39, 0.29) is 18.4 Å². The summed E-state index contributed by atoms with van der Waals surface area (Å²) in [4.78, 5) is 15.3. The molecule has 5 heterocycles. The summed E-state index contributed by atoms with van der Waals surface area (Å²) < 4.78 is 23.3. The van der Waals surface area contributed by atoms with Crippen LogP contribution in [0.4, 0.5) is 0 Å². The lowest BCUT2D eigenvalue weighted by molar-refractivity contribution is 0.0108. The monoisotopic (exact) mass is 545 g/mol. The van der Waals surface area contributed by atoms with Crippen molar-refractivity contribution in [2.75, 3.05) is 40.5 Å². The summed E-state index contributed by atoms with van der Waals surface area (Å²) in [5.41, 5.74) is 4.34. The lowest BCUT2D eigenvalue weighted by Gasteiger charge is -2.23. The fraction of sp³-hybridized carbons (Fsp3) is 0.379. The Labute approximate surface area is 231 Å². The fourth-order valence-electron chi connectivity index (χ4n) is 4.71. The smallest absolute Gasteiger partial charge is 0.183 e. The summed E-state index contributed by atoms with van der Waals surface area (Å²) in [5, 5.41) is 29.6. The van der Waals surface area contributed by atoms with E-state index in [1.54, 1.807) is 42.5 Å². The Balaban J connectivity index is 1.51.